The molecule has 2 heterocycles. The second-order valence-corrected chi connectivity index (χ2v) is 10.7. The third-order valence-electron chi connectivity index (χ3n) is 3.69. The summed E-state index contributed by atoms with van der Waals surface area (Å²) in [6, 6.07) is 0. The average molecular weight is 496 g/mol. The Morgan fingerprint density at radius 3 is 2.43 bits per heavy atom. The quantitative estimate of drug-likeness (QED) is 0.265. The summed E-state index contributed by atoms with van der Waals surface area (Å²) in [6.45, 7) is -0.718. The molecule has 0 bridgehead atoms. The number of hydrogen-bond donors (Lipinski definition) is 5. The Morgan fingerprint density at radius 1 is 1.23 bits per heavy atom. The Hall–Kier alpha value is -0.990. The molecule has 1 aliphatic rings. The second-order valence-electron chi connectivity index (χ2n) is 5.98. The molecule has 0 amide bonds. The number of nitrogens with one attached hydrogen (secondary N) is 1. The van der Waals surface area contributed by atoms with Gasteiger partial charge in [-0.25, -0.2) is 18.5 Å². The molecule has 16 nitrogen and oxygen atoms in total. The number of aryl methyl sites for hydroxylation is 1. The van der Waals surface area contributed by atoms with E-state index >= 15 is 0 Å². The predicted octanol–water partition coefficient (Wildman–Crippen LogP) is -0.738. The molecule has 0 spiro atoms. The van der Waals surface area contributed by atoms with Crippen molar-refractivity contribution in [1.29, 1.82) is 0 Å². The standard InChI is InChI=1S/C11H19N2O14P3/c1-13-4-7(10(15)12-11(13)16)9-8(14)3-6(25-9)5-24-29(20,21)27-30(22,23-2)26-28(17,18)19/h4,6,8-9,14H,3,5H2,1-2H3,(H,20,21)(H,12,15,16)(H2,17,18,19)/t6?,8-,9?,30?/m0/s1. The van der Waals surface area contributed by atoms with Gasteiger partial charge in [0.05, 0.1) is 24.4 Å². The van der Waals surface area contributed by atoms with Crippen molar-refractivity contribution in [2.45, 2.75) is 24.7 Å². The van der Waals surface area contributed by atoms with E-state index in [4.69, 9.17) is 14.5 Å². The minimum atomic E-state index is -5.41. The van der Waals surface area contributed by atoms with Crippen LogP contribution in [-0.4, -0.2) is 55.3 Å². The Bertz CT molecular complexity index is 1030. The van der Waals surface area contributed by atoms with E-state index in [2.05, 4.69) is 17.7 Å². The number of aromatic amines is 1. The van der Waals surface area contributed by atoms with E-state index in [1.807, 2.05) is 4.98 Å². The van der Waals surface area contributed by atoms with Gasteiger partial charge in [-0.05, 0) is 0 Å². The van der Waals surface area contributed by atoms with E-state index in [9.17, 15) is 33.3 Å². The SMILES string of the molecule is COP(=O)(OP(=O)(O)O)OP(=O)(O)OCC1C[C@H](O)C(c2cn(C)c(=O)[nH]c2=O)O1. The van der Waals surface area contributed by atoms with Crippen molar-refractivity contribution in [3.8, 4) is 0 Å². The number of rotatable bonds is 9. The number of H-pyrrole nitrogens is 1. The number of hydrogen-bond acceptors (Lipinski definition) is 11. The molecule has 5 N–H and O–H groups in total. The molecule has 1 aromatic heterocycles. The first-order valence-electron chi connectivity index (χ1n) is 7.89. The Balaban J connectivity index is 2.04. The summed E-state index contributed by atoms with van der Waals surface area (Å²) in [6.07, 6.45) is -2.47. The molecule has 1 saturated heterocycles. The molecular weight excluding hydrogens is 477 g/mol. The maximum absolute atomic E-state index is 11.9. The molecule has 0 aromatic carbocycles. The van der Waals surface area contributed by atoms with Crippen LogP contribution in [0, 0.1) is 0 Å². The van der Waals surface area contributed by atoms with Gasteiger partial charge in [-0.1, -0.05) is 0 Å². The zero-order valence-electron chi connectivity index (χ0n) is 15.4. The molecule has 4 unspecified atom stereocenters. The van der Waals surface area contributed by atoms with Gasteiger partial charge >= 0.3 is 29.2 Å². The van der Waals surface area contributed by atoms with Gasteiger partial charge in [0.25, 0.3) is 5.56 Å². The van der Waals surface area contributed by atoms with Gasteiger partial charge in [-0.2, -0.15) is 8.62 Å². The summed E-state index contributed by atoms with van der Waals surface area (Å²) in [5, 5.41) is 10.1. The summed E-state index contributed by atoms with van der Waals surface area (Å²) >= 11 is 0. The minimum Gasteiger partial charge on any atom is -0.390 e. The Morgan fingerprint density at radius 2 is 1.87 bits per heavy atom. The van der Waals surface area contributed by atoms with Crippen molar-refractivity contribution >= 4 is 23.5 Å². The average Bonchev–Trinajstić information content (AvgIpc) is 2.95. The number of ether oxygens (including phenoxy) is 1. The summed E-state index contributed by atoms with van der Waals surface area (Å²) in [5.74, 6) is 0. The summed E-state index contributed by atoms with van der Waals surface area (Å²) in [5.41, 5.74) is -1.56. The fourth-order valence-corrected chi connectivity index (χ4v) is 5.98. The lowest BCUT2D eigenvalue weighted by Crippen LogP contribution is -2.33. The number of phosphoric ester groups is 1. The van der Waals surface area contributed by atoms with Crippen molar-refractivity contribution < 1.29 is 55.9 Å². The van der Waals surface area contributed by atoms with Crippen LogP contribution in [0.3, 0.4) is 0 Å². The molecule has 0 radical (unpaired) electrons. The molecule has 0 saturated carbocycles. The first kappa shape index (κ1) is 25.3. The number of aliphatic hydroxyl groups excluding tert-OH is 1. The highest BCUT2D eigenvalue weighted by atomic mass is 31.3. The van der Waals surface area contributed by atoms with Crippen molar-refractivity contribution in [3.05, 3.63) is 32.6 Å². The number of aromatic nitrogens is 2. The molecule has 30 heavy (non-hydrogen) atoms. The lowest BCUT2D eigenvalue weighted by molar-refractivity contribution is -0.0118. The van der Waals surface area contributed by atoms with Gasteiger partial charge in [0.15, 0.2) is 0 Å². The maximum atomic E-state index is 11.9. The predicted molar refractivity (Wildman–Crippen MR) is 95.1 cm³/mol. The zero-order valence-corrected chi connectivity index (χ0v) is 18.1. The molecular formula is C11H19N2O14P3. The van der Waals surface area contributed by atoms with Gasteiger partial charge in [0.2, 0.25) is 0 Å². The lowest BCUT2D eigenvalue weighted by Gasteiger charge is -2.20. The van der Waals surface area contributed by atoms with Crippen LogP contribution in [0.4, 0.5) is 0 Å². The van der Waals surface area contributed by atoms with Gasteiger partial charge in [-0.3, -0.25) is 18.8 Å². The van der Waals surface area contributed by atoms with E-state index in [-0.39, 0.29) is 12.0 Å². The summed E-state index contributed by atoms with van der Waals surface area (Å²) in [4.78, 5) is 52.3. The third-order valence-corrected chi connectivity index (χ3v) is 7.89. The topological polar surface area (TPSA) is 233 Å². The van der Waals surface area contributed by atoms with Gasteiger partial charge in [-0.15, -0.1) is 0 Å². The first-order chi connectivity index (χ1) is 13.6. The summed E-state index contributed by atoms with van der Waals surface area (Å²) in [7, 11) is -13.8. The number of aliphatic hydroxyl groups is 1. The molecule has 1 aliphatic heterocycles. The highest BCUT2D eigenvalue weighted by Gasteiger charge is 2.44. The molecule has 2 rings (SSSR count). The van der Waals surface area contributed by atoms with Crippen LogP contribution in [0.5, 0.6) is 0 Å². The lowest BCUT2D eigenvalue weighted by atomic mass is 10.1. The summed E-state index contributed by atoms with van der Waals surface area (Å²) < 4.78 is 57.5. The van der Waals surface area contributed by atoms with Gasteiger partial charge < -0.3 is 29.1 Å². The molecule has 1 fully saturated rings. The molecule has 0 aliphatic carbocycles. The van der Waals surface area contributed by atoms with E-state index in [1.54, 1.807) is 0 Å². The molecule has 5 atom stereocenters. The number of nitrogens with zero attached hydrogens (tertiary/aromatic N) is 1. The van der Waals surface area contributed by atoms with Crippen molar-refractivity contribution in [3.63, 3.8) is 0 Å². The molecule has 172 valence electrons. The maximum Gasteiger partial charge on any atom is 0.492 e. The Labute approximate surface area is 167 Å². The molecule has 19 heteroatoms. The smallest absolute Gasteiger partial charge is 0.390 e. The van der Waals surface area contributed by atoms with Crippen LogP contribution in [0.2, 0.25) is 0 Å². The zero-order chi connectivity index (χ0) is 22.9. The van der Waals surface area contributed by atoms with Crippen LogP contribution in [0.15, 0.2) is 15.8 Å². The first-order valence-corrected chi connectivity index (χ1v) is 12.4. The second kappa shape index (κ2) is 9.25. The largest absolute Gasteiger partial charge is 0.492 e. The normalized spacial score (nSPS) is 26.3. The number of phosphoric acid groups is 3. The van der Waals surface area contributed by atoms with Crippen molar-refractivity contribution in [2.75, 3.05) is 13.7 Å². The van der Waals surface area contributed by atoms with Crippen molar-refractivity contribution in [1.82, 2.24) is 9.55 Å². The monoisotopic (exact) mass is 496 g/mol. The van der Waals surface area contributed by atoms with Crippen LogP contribution in [-0.2, 0) is 43.1 Å². The molecule has 1 aromatic rings. The van der Waals surface area contributed by atoms with Crippen LogP contribution in [0.25, 0.3) is 0 Å². The fraction of sp³-hybridized carbons (Fsp3) is 0.636. The van der Waals surface area contributed by atoms with E-state index in [0.717, 1.165) is 10.8 Å². The van der Waals surface area contributed by atoms with Gasteiger partial charge in [0, 0.05) is 26.8 Å². The van der Waals surface area contributed by atoms with E-state index < -0.39 is 59.6 Å². The fourth-order valence-electron chi connectivity index (χ4n) is 2.46. The van der Waals surface area contributed by atoms with Crippen molar-refractivity contribution in [2.24, 2.45) is 7.05 Å². The van der Waals surface area contributed by atoms with E-state index in [0.29, 0.717) is 7.11 Å². The van der Waals surface area contributed by atoms with Gasteiger partial charge in [0.1, 0.15) is 6.10 Å². The van der Waals surface area contributed by atoms with Crippen LogP contribution in [0.1, 0.15) is 18.1 Å². The van der Waals surface area contributed by atoms with Crippen LogP contribution < -0.4 is 11.2 Å². The minimum absolute atomic E-state index is 0.0746. The highest BCUT2D eigenvalue weighted by molar-refractivity contribution is 7.67. The van der Waals surface area contributed by atoms with Crippen LogP contribution >= 0.6 is 23.5 Å². The van der Waals surface area contributed by atoms with E-state index in [1.165, 1.54) is 7.05 Å². The Kier molecular flexibility index (Phi) is 7.79. The highest BCUT2D eigenvalue weighted by Crippen LogP contribution is 2.68. The third kappa shape index (κ3) is 6.76.